The van der Waals surface area contributed by atoms with Crippen LogP contribution in [-0.2, 0) is 4.79 Å². The van der Waals surface area contributed by atoms with Crippen molar-refractivity contribution >= 4 is 11.8 Å². The zero-order valence-corrected chi connectivity index (χ0v) is 10.4. The molecule has 2 aliphatic rings. The first-order chi connectivity index (χ1) is 9.16. The van der Waals surface area contributed by atoms with Crippen molar-refractivity contribution in [3.05, 3.63) is 29.8 Å². The number of pyridine rings is 1. The standard InChI is InChI=1S/C13H14FN3O2/c14-12-10(2-1-5-15-12)13(19)16-6-7-17-9(8-16)3-4-11(17)18/h1-2,5,9H,3-4,6-8H2. The number of hydrogen-bond donors (Lipinski definition) is 0. The second-order valence-corrected chi connectivity index (χ2v) is 4.87. The Kier molecular flexibility index (Phi) is 2.93. The van der Waals surface area contributed by atoms with E-state index in [2.05, 4.69) is 4.98 Å². The first kappa shape index (κ1) is 12.1. The van der Waals surface area contributed by atoms with Gasteiger partial charge in [0.1, 0.15) is 0 Å². The maximum Gasteiger partial charge on any atom is 0.258 e. The van der Waals surface area contributed by atoms with Crippen molar-refractivity contribution in [1.82, 2.24) is 14.8 Å². The minimum atomic E-state index is -0.738. The third-order valence-electron chi connectivity index (χ3n) is 3.77. The molecule has 2 fully saturated rings. The van der Waals surface area contributed by atoms with E-state index in [1.54, 1.807) is 11.0 Å². The van der Waals surface area contributed by atoms with Crippen LogP contribution in [0.2, 0.25) is 0 Å². The summed E-state index contributed by atoms with van der Waals surface area (Å²) >= 11 is 0. The monoisotopic (exact) mass is 263 g/mol. The highest BCUT2D eigenvalue weighted by Gasteiger charge is 2.37. The lowest BCUT2D eigenvalue weighted by Crippen LogP contribution is -2.53. The molecule has 1 atom stereocenters. The fourth-order valence-corrected chi connectivity index (χ4v) is 2.76. The number of carbonyl (C=O) groups excluding carboxylic acids is 2. The second kappa shape index (κ2) is 4.60. The first-order valence-corrected chi connectivity index (χ1v) is 6.36. The molecule has 0 bridgehead atoms. The molecule has 2 saturated heterocycles. The van der Waals surface area contributed by atoms with E-state index in [0.29, 0.717) is 26.1 Å². The van der Waals surface area contributed by atoms with Gasteiger partial charge in [-0.25, -0.2) is 4.98 Å². The lowest BCUT2D eigenvalue weighted by Gasteiger charge is -2.37. The SMILES string of the molecule is O=C(c1cccnc1F)N1CCN2C(=O)CCC2C1. The minimum Gasteiger partial charge on any atom is -0.336 e. The van der Waals surface area contributed by atoms with Crippen molar-refractivity contribution in [2.75, 3.05) is 19.6 Å². The maximum absolute atomic E-state index is 13.5. The Morgan fingerprint density at radius 1 is 1.42 bits per heavy atom. The zero-order chi connectivity index (χ0) is 13.4. The number of halogens is 1. The van der Waals surface area contributed by atoms with Crippen LogP contribution < -0.4 is 0 Å². The molecule has 0 N–H and O–H groups in total. The average Bonchev–Trinajstić information content (AvgIpc) is 2.80. The Morgan fingerprint density at radius 2 is 2.26 bits per heavy atom. The lowest BCUT2D eigenvalue weighted by molar-refractivity contribution is -0.130. The number of rotatable bonds is 1. The molecule has 0 saturated carbocycles. The largest absolute Gasteiger partial charge is 0.336 e. The van der Waals surface area contributed by atoms with Crippen molar-refractivity contribution < 1.29 is 14.0 Å². The van der Waals surface area contributed by atoms with E-state index in [0.717, 1.165) is 6.42 Å². The van der Waals surface area contributed by atoms with Crippen LogP contribution in [0.25, 0.3) is 0 Å². The fraction of sp³-hybridized carbons (Fsp3) is 0.462. The summed E-state index contributed by atoms with van der Waals surface area (Å²) in [5.41, 5.74) is 0.000253. The molecule has 1 unspecified atom stereocenters. The summed E-state index contributed by atoms with van der Waals surface area (Å²) < 4.78 is 13.5. The van der Waals surface area contributed by atoms with Gasteiger partial charge >= 0.3 is 0 Å². The molecular formula is C13H14FN3O2. The molecule has 3 heterocycles. The average molecular weight is 263 g/mol. The van der Waals surface area contributed by atoms with Gasteiger partial charge in [0.2, 0.25) is 11.9 Å². The Hall–Kier alpha value is -1.98. The summed E-state index contributed by atoms with van der Waals surface area (Å²) in [5.74, 6) is -0.924. The van der Waals surface area contributed by atoms with Gasteiger partial charge in [-0.05, 0) is 18.6 Å². The van der Waals surface area contributed by atoms with Crippen LogP contribution >= 0.6 is 0 Å². The van der Waals surface area contributed by atoms with Gasteiger partial charge in [0.15, 0.2) is 0 Å². The van der Waals surface area contributed by atoms with Crippen LogP contribution in [0, 0.1) is 5.95 Å². The molecule has 0 spiro atoms. The molecule has 0 aliphatic carbocycles. The third-order valence-corrected chi connectivity index (χ3v) is 3.77. The lowest BCUT2D eigenvalue weighted by atomic mass is 10.1. The summed E-state index contributed by atoms with van der Waals surface area (Å²) in [4.78, 5) is 30.7. The quantitative estimate of drug-likeness (QED) is 0.700. The molecule has 6 heteroatoms. The van der Waals surface area contributed by atoms with E-state index in [1.165, 1.54) is 12.3 Å². The number of aromatic nitrogens is 1. The Bertz CT molecular complexity index is 534. The van der Waals surface area contributed by atoms with Crippen LogP contribution in [0.3, 0.4) is 0 Å². The van der Waals surface area contributed by atoms with Gasteiger partial charge in [-0.2, -0.15) is 4.39 Å². The Balaban J connectivity index is 1.76. The summed E-state index contributed by atoms with van der Waals surface area (Å²) in [6.07, 6.45) is 2.64. The van der Waals surface area contributed by atoms with E-state index >= 15 is 0 Å². The van der Waals surface area contributed by atoms with E-state index in [1.807, 2.05) is 4.90 Å². The molecule has 0 aromatic carbocycles. The maximum atomic E-state index is 13.5. The van der Waals surface area contributed by atoms with Crippen molar-refractivity contribution in [3.63, 3.8) is 0 Å². The highest BCUT2D eigenvalue weighted by Crippen LogP contribution is 2.23. The topological polar surface area (TPSA) is 53.5 Å². The normalized spacial score (nSPS) is 22.6. The van der Waals surface area contributed by atoms with Crippen molar-refractivity contribution in [2.45, 2.75) is 18.9 Å². The van der Waals surface area contributed by atoms with Gasteiger partial charge in [-0.15, -0.1) is 0 Å². The first-order valence-electron chi connectivity index (χ1n) is 6.36. The Morgan fingerprint density at radius 3 is 3.05 bits per heavy atom. The summed E-state index contributed by atoms with van der Waals surface area (Å²) in [6, 6.07) is 3.08. The Labute approximate surface area is 110 Å². The van der Waals surface area contributed by atoms with E-state index < -0.39 is 5.95 Å². The van der Waals surface area contributed by atoms with Gasteiger partial charge in [-0.3, -0.25) is 9.59 Å². The van der Waals surface area contributed by atoms with Gasteiger partial charge < -0.3 is 9.80 Å². The molecule has 2 amide bonds. The van der Waals surface area contributed by atoms with Crippen molar-refractivity contribution in [2.24, 2.45) is 0 Å². The summed E-state index contributed by atoms with van der Waals surface area (Å²) in [7, 11) is 0. The molecule has 1 aromatic heterocycles. The molecule has 100 valence electrons. The number of nitrogens with zero attached hydrogens (tertiary/aromatic N) is 3. The minimum absolute atomic E-state index is 0.000253. The molecule has 3 rings (SSSR count). The number of carbonyl (C=O) groups is 2. The van der Waals surface area contributed by atoms with Crippen LogP contribution in [0.15, 0.2) is 18.3 Å². The highest BCUT2D eigenvalue weighted by molar-refractivity contribution is 5.94. The van der Waals surface area contributed by atoms with Crippen LogP contribution in [0.5, 0.6) is 0 Å². The summed E-state index contributed by atoms with van der Waals surface area (Å²) in [5, 5.41) is 0. The predicted molar refractivity (Wildman–Crippen MR) is 64.8 cm³/mol. The molecular weight excluding hydrogens is 249 g/mol. The van der Waals surface area contributed by atoms with E-state index in [9.17, 15) is 14.0 Å². The molecule has 19 heavy (non-hydrogen) atoms. The molecule has 2 aliphatic heterocycles. The fourth-order valence-electron chi connectivity index (χ4n) is 2.76. The van der Waals surface area contributed by atoms with Crippen LogP contribution in [0.1, 0.15) is 23.2 Å². The number of hydrogen-bond acceptors (Lipinski definition) is 3. The number of amides is 2. The predicted octanol–water partition coefficient (Wildman–Crippen LogP) is 0.667. The number of piperazine rings is 1. The number of fused-ring (bicyclic) bond motifs is 1. The molecule has 5 nitrogen and oxygen atoms in total. The van der Waals surface area contributed by atoms with Crippen LogP contribution in [-0.4, -0.2) is 52.3 Å². The third kappa shape index (κ3) is 2.07. The highest BCUT2D eigenvalue weighted by atomic mass is 19.1. The van der Waals surface area contributed by atoms with Crippen molar-refractivity contribution in [1.29, 1.82) is 0 Å². The second-order valence-electron chi connectivity index (χ2n) is 4.87. The van der Waals surface area contributed by atoms with Gasteiger partial charge in [0.25, 0.3) is 5.91 Å². The van der Waals surface area contributed by atoms with Gasteiger partial charge in [-0.1, -0.05) is 0 Å². The molecule has 0 radical (unpaired) electrons. The zero-order valence-electron chi connectivity index (χ0n) is 10.4. The van der Waals surface area contributed by atoms with Crippen molar-refractivity contribution in [3.8, 4) is 0 Å². The van der Waals surface area contributed by atoms with Crippen LogP contribution in [0.4, 0.5) is 4.39 Å². The van der Waals surface area contributed by atoms with E-state index in [-0.39, 0.29) is 23.4 Å². The van der Waals surface area contributed by atoms with Gasteiger partial charge in [0.05, 0.1) is 5.56 Å². The summed E-state index contributed by atoms with van der Waals surface area (Å²) in [6.45, 7) is 1.48. The smallest absolute Gasteiger partial charge is 0.258 e. The molecule has 1 aromatic rings. The van der Waals surface area contributed by atoms with Gasteiger partial charge in [0, 0.05) is 38.3 Å². The van der Waals surface area contributed by atoms with E-state index in [4.69, 9.17) is 0 Å².